The molecule has 0 aromatic heterocycles. The Morgan fingerprint density at radius 3 is 2.31 bits per heavy atom. The van der Waals surface area contributed by atoms with Gasteiger partial charge in [-0.05, 0) is 36.4 Å². The molecule has 0 unspecified atom stereocenters. The van der Waals surface area contributed by atoms with Crippen LogP contribution in [0.5, 0.6) is 0 Å². The van der Waals surface area contributed by atoms with Crippen LogP contribution in [0.25, 0.3) is 0 Å². The van der Waals surface area contributed by atoms with E-state index >= 15 is 0 Å². The normalized spacial score (nSPS) is 10.8. The average Bonchev–Trinajstić information content (AvgIpc) is 2.78. The van der Waals surface area contributed by atoms with Gasteiger partial charge in [0.25, 0.3) is 5.91 Å². The monoisotopic (exact) mass is 466 g/mol. The molecule has 1 amide bonds. The number of hydrogen-bond acceptors (Lipinski definition) is 7. The molecule has 0 aliphatic heterocycles. The zero-order chi connectivity index (χ0) is 23.1. The number of anilines is 1. The largest absolute Gasteiger partial charge is 0.452 e. The number of para-hydroxylation sites is 1. The molecule has 0 saturated carbocycles. The van der Waals surface area contributed by atoms with Gasteiger partial charge in [0.15, 0.2) is 16.4 Å². The summed E-state index contributed by atoms with van der Waals surface area (Å²) in [6.45, 7) is -0.593. The van der Waals surface area contributed by atoms with E-state index in [0.29, 0.717) is 15.4 Å². The van der Waals surface area contributed by atoms with Gasteiger partial charge in [0.1, 0.15) is 6.07 Å². The number of carbonyl (C=O) groups is 2. The maximum Gasteiger partial charge on any atom is 0.339 e. The van der Waals surface area contributed by atoms with E-state index in [1.165, 1.54) is 23.9 Å². The van der Waals surface area contributed by atoms with E-state index in [9.17, 15) is 23.3 Å². The van der Waals surface area contributed by atoms with Crippen LogP contribution in [0.1, 0.15) is 15.9 Å². The van der Waals surface area contributed by atoms with Crippen molar-refractivity contribution in [1.29, 1.82) is 5.26 Å². The topological polar surface area (TPSA) is 113 Å². The van der Waals surface area contributed by atoms with Gasteiger partial charge in [-0.2, -0.15) is 5.26 Å². The maximum atomic E-state index is 12.6. The molecule has 0 saturated heterocycles. The number of carbonyl (C=O) groups excluding carboxylic acids is 2. The standard InChI is InChI=1S/C23H18N2O5S2/c1-32(28,29)21-13-7-4-10-18(21)25-22(26)15-30-23(27)17-9-3-6-12-20(17)31-19-11-5-2-8-16(19)14-24/h2-13H,15H2,1H3,(H,25,26). The number of ether oxygens (including phenoxy) is 1. The quantitative estimate of drug-likeness (QED) is 0.525. The number of rotatable bonds is 7. The van der Waals surface area contributed by atoms with Crippen LogP contribution in [0.3, 0.4) is 0 Å². The molecule has 9 heteroatoms. The Bertz CT molecular complexity index is 1310. The SMILES string of the molecule is CS(=O)(=O)c1ccccc1NC(=O)COC(=O)c1ccccc1Sc1ccccc1C#N. The van der Waals surface area contributed by atoms with Crippen LogP contribution in [0.2, 0.25) is 0 Å². The second-order valence-corrected chi connectivity index (χ2v) is 9.67. The smallest absolute Gasteiger partial charge is 0.339 e. The summed E-state index contributed by atoms with van der Waals surface area (Å²) in [4.78, 5) is 26.1. The molecule has 0 atom stereocenters. The van der Waals surface area contributed by atoms with Crippen molar-refractivity contribution in [2.75, 3.05) is 18.2 Å². The van der Waals surface area contributed by atoms with E-state index in [0.717, 1.165) is 6.26 Å². The van der Waals surface area contributed by atoms with Crippen LogP contribution in [-0.2, 0) is 19.4 Å². The van der Waals surface area contributed by atoms with Gasteiger partial charge in [-0.1, -0.05) is 48.2 Å². The first kappa shape index (κ1) is 23.1. The van der Waals surface area contributed by atoms with Gasteiger partial charge in [-0.3, -0.25) is 4.79 Å². The fraction of sp³-hybridized carbons (Fsp3) is 0.0870. The van der Waals surface area contributed by atoms with E-state index in [2.05, 4.69) is 11.4 Å². The van der Waals surface area contributed by atoms with E-state index in [-0.39, 0.29) is 16.1 Å². The zero-order valence-electron chi connectivity index (χ0n) is 16.9. The van der Waals surface area contributed by atoms with Crippen molar-refractivity contribution >= 4 is 39.2 Å². The van der Waals surface area contributed by atoms with Gasteiger partial charge in [-0.15, -0.1) is 0 Å². The molecule has 0 heterocycles. The molecular weight excluding hydrogens is 448 g/mol. The van der Waals surface area contributed by atoms with Crippen molar-refractivity contribution in [3.63, 3.8) is 0 Å². The van der Waals surface area contributed by atoms with Crippen LogP contribution in [-0.4, -0.2) is 33.2 Å². The van der Waals surface area contributed by atoms with E-state index in [1.807, 2.05) is 0 Å². The third kappa shape index (κ3) is 5.75. The Balaban J connectivity index is 1.70. The summed E-state index contributed by atoms with van der Waals surface area (Å²) in [7, 11) is -3.54. The van der Waals surface area contributed by atoms with Crippen LogP contribution >= 0.6 is 11.8 Å². The Morgan fingerprint density at radius 2 is 1.59 bits per heavy atom. The minimum absolute atomic E-state index is 0.0300. The molecule has 3 rings (SSSR count). The summed E-state index contributed by atoms with van der Waals surface area (Å²) < 4.78 is 28.9. The van der Waals surface area contributed by atoms with Crippen LogP contribution in [0, 0.1) is 11.3 Å². The molecule has 0 fully saturated rings. The second-order valence-electron chi connectivity index (χ2n) is 6.60. The second kappa shape index (κ2) is 10.1. The molecule has 0 aliphatic rings. The summed E-state index contributed by atoms with van der Waals surface area (Å²) in [6, 6.07) is 21.8. The zero-order valence-corrected chi connectivity index (χ0v) is 18.6. The summed E-state index contributed by atoms with van der Waals surface area (Å²) in [5.74, 6) is -1.39. The molecule has 3 aromatic rings. The lowest BCUT2D eigenvalue weighted by Crippen LogP contribution is -2.22. The molecule has 0 spiro atoms. The number of nitrogens with one attached hydrogen (secondary N) is 1. The van der Waals surface area contributed by atoms with Crippen LogP contribution < -0.4 is 5.32 Å². The number of amides is 1. The van der Waals surface area contributed by atoms with Gasteiger partial charge in [0, 0.05) is 16.0 Å². The number of nitrogens with zero attached hydrogens (tertiary/aromatic N) is 1. The number of sulfone groups is 1. The van der Waals surface area contributed by atoms with Gasteiger partial charge in [0.2, 0.25) is 0 Å². The van der Waals surface area contributed by atoms with Crippen molar-refractivity contribution in [3.8, 4) is 6.07 Å². The Labute approximate surface area is 189 Å². The third-order valence-corrected chi connectivity index (χ3v) is 6.54. The minimum Gasteiger partial charge on any atom is -0.452 e. The number of nitriles is 1. The summed E-state index contributed by atoms with van der Waals surface area (Å²) in [6.07, 6.45) is 1.04. The molecule has 162 valence electrons. The average molecular weight is 467 g/mol. The molecule has 1 N–H and O–H groups in total. The van der Waals surface area contributed by atoms with Gasteiger partial charge < -0.3 is 10.1 Å². The van der Waals surface area contributed by atoms with E-state index in [4.69, 9.17) is 4.74 Å². The fourth-order valence-corrected chi connectivity index (χ4v) is 4.64. The Kier molecular flexibility index (Phi) is 7.30. The lowest BCUT2D eigenvalue weighted by Gasteiger charge is -2.11. The highest BCUT2D eigenvalue weighted by atomic mass is 32.2. The van der Waals surface area contributed by atoms with Gasteiger partial charge in [0.05, 0.1) is 21.7 Å². The first-order valence-electron chi connectivity index (χ1n) is 9.31. The van der Waals surface area contributed by atoms with Crippen molar-refractivity contribution in [2.45, 2.75) is 14.7 Å². The maximum absolute atomic E-state index is 12.6. The van der Waals surface area contributed by atoms with E-state index in [1.54, 1.807) is 60.7 Å². The number of esters is 1. The van der Waals surface area contributed by atoms with Crippen molar-refractivity contribution < 1.29 is 22.7 Å². The fourth-order valence-electron chi connectivity index (χ4n) is 2.78. The first-order valence-corrected chi connectivity index (χ1v) is 12.0. The highest BCUT2D eigenvalue weighted by Crippen LogP contribution is 2.32. The summed E-state index contributed by atoms with van der Waals surface area (Å²) in [5, 5.41) is 11.7. The van der Waals surface area contributed by atoms with Crippen molar-refractivity contribution in [1.82, 2.24) is 0 Å². The molecule has 3 aromatic carbocycles. The molecule has 0 radical (unpaired) electrons. The summed E-state index contributed by atoms with van der Waals surface area (Å²) >= 11 is 1.24. The molecule has 7 nitrogen and oxygen atoms in total. The van der Waals surface area contributed by atoms with Crippen molar-refractivity contribution in [2.24, 2.45) is 0 Å². The Morgan fingerprint density at radius 1 is 0.969 bits per heavy atom. The lowest BCUT2D eigenvalue weighted by molar-refractivity contribution is -0.119. The molecule has 0 bridgehead atoms. The molecular formula is C23H18N2O5S2. The molecule has 0 aliphatic carbocycles. The predicted octanol–water partition coefficient (Wildman–Crippen LogP) is 3.91. The number of hydrogen-bond donors (Lipinski definition) is 1. The number of benzene rings is 3. The predicted molar refractivity (Wildman–Crippen MR) is 120 cm³/mol. The highest BCUT2D eigenvalue weighted by Gasteiger charge is 2.18. The first-order chi connectivity index (χ1) is 15.3. The summed E-state index contributed by atoms with van der Waals surface area (Å²) in [5.41, 5.74) is 0.833. The van der Waals surface area contributed by atoms with Gasteiger partial charge >= 0.3 is 5.97 Å². The van der Waals surface area contributed by atoms with E-state index < -0.39 is 28.3 Å². The van der Waals surface area contributed by atoms with Crippen LogP contribution in [0.4, 0.5) is 5.69 Å². The highest BCUT2D eigenvalue weighted by molar-refractivity contribution is 7.99. The van der Waals surface area contributed by atoms with Crippen LogP contribution in [0.15, 0.2) is 87.5 Å². The van der Waals surface area contributed by atoms with Gasteiger partial charge in [-0.25, -0.2) is 13.2 Å². The Hall–Kier alpha value is -3.61. The third-order valence-electron chi connectivity index (χ3n) is 4.23. The van der Waals surface area contributed by atoms with Crippen molar-refractivity contribution in [3.05, 3.63) is 83.9 Å². The molecule has 32 heavy (non-hydrogen) atoms. The minimum atomic E-state index is -3.54. The lowest BCUT2D eigenvalue weighted by atomic mass is 10.2.